The number of carbonyl (C=O) groups is 1. The fraction of sp³-hybridized carbons (Fsp3) is 0.308. The fourth-order valence-corrected chi connectivity index (χ4v) is 1.61. The van der Waals surface area contributed by atoms with Gasteiger partial charge in [0.1, 0.15) is 0 Å². The van der Waals surface area contributed by atoms with Gasteiger partial charge in [0.05, 0.1) is 11.1 Å². The number of rotatable bonds is 3. The molecule has 98 valence electrons. The second kappa shape index (κ2) is 4.84. The lowest BCUT2D eigenvalue weighted by Crippen LogP contribution is -2.40. The Morgan fingerprint density at radius 2 is 1.67 bits per heavy atom. The van der Waals surface area contributed by atoms with Crippen LogP contribution in [-0.2, 0) is 16.5 Å². The zero-order chi connectivity index (χ0) is 14.0. The molecule has 1 aromatic rings. The predicted octanol–water partition coefficient (Wildman–Crippen LogP) is 3.24. The summed E-state index contributed by atoms with van der Waals surface area (Å²) in [6, 6.07) is 4.64. The van der Waals surface area contributed by atoms with Gasteiger partial charge in [-0.1, -0.05) is 18.2 Å². The Balaban J connectivity index is 3.10. The topological polar surface area (TPSA) is 29.1 Å². The Morgan fingerprint density at radius 3 is 2.00 bits per heavy atom. The van der Waals surface area contributed by atoms with Crippen molar-refractivity contribution in [3.63, 3.8) is 0 Å². The van der Waals surface area contributed by atoms with Crippen molar-refractivity contribution in [1.29, 1.82) is 0 Å². The summed E-state index contributed by atoms with van der Waals surface area (Å²) in [6.45, 7) is 6.61. The van der Waals surface area contributed by atoms with Crippen LogP contribution in [-0.4, -0.2) is 5.91 Å². The summed E-state index contributed by atoms with van der Waals surface area (Å²) in [5.74, 6) is -0.280. The highest BCUT2D eigenvalue weighted by Gasteiger charge is 2.31. The molecular weight excluding hydrogens is 243 g/mol. The van der Waals surface area contributed by atoms with Gasteiger partial charge < -0.3 is 5.32 Å². The molecule has 0 aromatic heterocycles. The highest BCUT2D eigenvalue weighted by molar-refractivity contribution is 5.74. The number of halogens is 3. The maximum absolute atomic E-state index is 12.4. The molecule has 1 unspecified atom stereocenters. The molecule has 1 atom stereocenters. The van der Waals surface area contributed by atoms with E-state index in [1.807, 2.05) is 0 Å². The Morgan fingerprint density at radius 1 is 1.22 bits per heavy atom. The van der Waals surface area contributed by atoms with Crippen LogP contribution >= 0.6 is 0 Å². The Hall–Kier alpha value is -1.78. The number of hydrogen-bond acceptors (Lipinski definition) is 1. The molecule has 0 bridgehead atoms. The lowest BCUT2D eigenvalue weighted by Gasteiger charge is -2.27. The molecule has 0 saturated heterocycles. The van der Waals surface area contributed by atoms with Gasteiger partial charge in [-0.3, -0.25) is 4.79 Å². The number of nitrogens with one attached hydrogen (secondary N) is 1. The summed E-state index contributed by atoms with van der Waals surface area (Å²) < 4.78 is 37.3. The highest BCUT2D eigenvalue weighted by Crippen LogP contribution is 2.31. The van der Waals surface area contributed by atoms with Gasteiger partial charge in [-0.25, -0.2) is 0 Å². The van der Waals surface area contributed by atoms with Gasteiger partial charge in [-0.2, -0.15) is 13.2 Å². The lowest BCUT2D eigenvalue weighted by atomic mass is 9.91. The van der Waals surface area contributed by atoms with E-state index >= 15 is 0 Å². The van der Waals surface area contributed by atoms with Crippen LogP contribution in [0.3, 0.4) is 0 Å². The van der Waals surface area contributed by atoms with E-state index in [0.29, 0.717) is 5.56 Å². The average molecular weight is 257 g/mol. The number of hydrogen-bond donors (Lipinski definition) is 1. The third-order valence-electron chi connectivity index (χ3n) is 2.66. The van der Waals surface area contributed by atoms with Crippen LogP contribution in [0.15, 0.2) is 36.9 Å². The van der Waals surface area contributed by atoms with E-state index in [0.717, 1.165) is 12.1 Å². The monoisotopic (exact) mass is 257 g/mol. The van der Waals surface area contributed by atoms with E-state index in [1.165, 1.54) is 25.1 Å². The molecule has 1 aromatic carbocycles. The van der Waals surface area contributed by atoms with Crippen LogP contribution in [0, 0.1) is 0 Å². The zero-order valence-corrected chi connectivity index (χ0v) is 10.1. The molecule has 1 N–H and O–H groups in total. The minimum Gasteiger partial charge on any atom is -0.344 e. The van der Waals surface area contributed by atoms with Crippen LogP contribution in [0.1, 0.15) is 25.0 Å². The molecule has 0 aliphatic heterocycles. The van der Waals surface area contributed by atoms with Crippen molar-refractivity contribution in [1.82, 2.24) is 5.32 Å². The summed E-state index contributed by atoms with van der Waals surface area (Å²) in [5, 5.41) is 2.64. The van der Waals surface area contributed by atoms with Gasteiger partial charge in [0.25, 0.3) is 0 Å². The fourth-order valence-electron chi connectivity index (χ4n) is 1.61. The second-order valence-corrected chi connectivity index (χ2v) is 4.16. The minimum absolute atomic E-state index is 0.280. The first-order valence-electron chi connectivity index (χ1n) is 5.29. The molecule has 0 fully saturated rings. The van der Waals surface area contributed by atoms with Crippen molar-refractivity contribution < 1.29 is 18.0 Å². The van der Waals surface area contributed by atoms with Crippen molar-refractivity contribution in [2.24, 2.45) is 0 Å². The standard InChI is InChI=1S/C13H14F3NO/c1-4-12(3,17-9(2)18)10-5-7-11(8-6-10)13(14,15)16/h4-8H,1H2,2-3H3,(H,17,18). The minimum atomic E-state index is -4.36. The molecule has 0 aliphatic rings. The summed E-state index contributed by atoms with van der Waals surface area (Å²) in [6.07, 6.45) is -2.88. The molecule has 0 radical (unpaired) electrons. The molecule has 18 heavy (non-hydrogen) atoms. The van der Waals surface area contributed by atoms with Gasteiger partial charge in [-0.15, -0.1) is 6.58 Å². The van der Waals surface area contributed by atoms with Gasteiger partial charge in [0, 0.05) is 6.92 Å². The second-order valence-electron chi connectivity index (χ2n) is 4.16. The van der Waals surface area contributed by atoms with Crippen LogP contribution in [0.25, 0.3) is 0 Å². The maximum Gasteiger partial charge on any atom is 0.416 e. The van der Waals surface area contributed by atoms with E-state index in [4.69, 9.17) is 0 Å². The summed E-state index contributed by atoms with van der Waals surface area (Å²) in [7, 11) is 0. The number of alkyl halides is 3. The Labute approximate surface area is 104 Å². The lowest BCUT2D eigenvalue weighted by molar-refractivity contribution is -0.137. The molecule has 0 aliphatic carbocycles. The number of benzene rings is 1. The van der Waals surface area contributed by atoms with Crippen LogP contribution in [0.2, 0.25) is 0 Å². The molecule has 5 heteroatoms. The van der Waals surface area contributed by atoms with Crippen molar-refractivity contribution >= 4 is 5.91 Å². The molecular formula is C13H14F3NO. The summed E-state index contributed by atoms with van der Waals surface area (Å²) in [4.78, 5) is 11.1. The van der Waals surface area contributed by atoms with Crippen molar-refractivity contribution in [2.45, 2.75) is 25.6 Å². The average Bonchev–Trinajstić information content (AvgIpc) is 2.27. The summed E-state index contributed by atoms with van der Waals surface area (Å²) >= 11 is 0. The molecule has 1 rings (SSSR count). The van der Waals surface area contributed by atoms with E-state index in [2.05, 4.69) is 11.9 Å². The van der Waals surface area contributed by atoms with Crippen LogP contribution in [0.4, 0.5) is 13.2 Å². The van der Waals surface area contributed by atoms with Crippen molar-refractivity contribution in [2.75, 3.05) is 0 Å². The van der Waals surface area contributed by atoms with Gasteiger partial charge in [0.15, 0.2) is 0 Å². The normalized spacial score (nSPS) is 14.7. The summed E-state index contributed by atoms with van der Waals surface area (Å²) in [5.41, 5.74) is -1.06. The molecule has 0 spiro atoms. The van der Waals surface area contributed by atoms with Gasteiger partial charge in [-0.05, 0) is 24.6 Å². The first kappa shape index (κ1) is 14.3. The number of carbonyl (C=O) groups excluding carboxylic acids is 1. The number of amides is 1. The van der Waals surface area contributed by atoms with E-state index in [-0.39, 0.29) is 5.91 Å². The quantitative estimate of drug-likeness (QED) is 0.827. The molecule has 0 saturated carbocycles. The predicted molar refractivity (Wildman–Crippen MR) is 62.8 cm³/mol. The van der Waals surface area contributed by atoms with Gasteiger partial charge in [0.2, 0.25) is 5.91 Å². The van der Waals surface area contributed by atoms with Crippen LogP contribution in [0.5, 0.6) is 0 Å². The van der Waals surface area contributed by atoms with Crippen molar-refractivity contribution in [3.05, 3.63) is 48.0 Å². The smallest absolute Gasteiger partial charge is 0.344 e. The third kappa shape index (κ3) is 3.12. The molecule has 0 heterocycles. The first-order chi connectivity index (χ1) is 8.19. The van der Waals surface area contributed by atoms with E-state index in [9.17, 15) is 18.0 Å². The Bertz CT molecular complexity index is 450. The third-order valence-corrected chi connectivity index (χ3v) is 2.66. The largest absolute Gasteiger partial charge is 0.416 e. The zero-order valence-electron chi connectivity index (χ0n) is 10.1. The van der Waals surface area contributed by atoms with Gasteiger partial charge >= 0.3 is 6.18 Å². The SMILES string of the molecule is C=CC(C)(NC(C)=O)c1ccc(C(F)(F)F)cc1. The first-order valence-corrected chi connectivity index (χ1v) is 5.29. The molecule has 2 nitrogen and oxygen atoms in total. The van der Waals surface area contributed by atoms with E-state index in [1.54, 1.807) is 6.92 Å². The van der Waals surface area contributed by atoms with Crippen LogP contribution < -0.4 is 5.32 Å². The Kier molecular flexibility index (Phi) is 3.84. The maximum atomic E-state index is 12.4. The highest BCUT2D eigenvalue weighted by atomic mass is 19.4. The molecule has 1 amide bonds. The van der Waals surface area contributed by atoms with E-state index < -0.39 is 17.3 Å². The van der Waals surface area contributed by atoms with Crippen molar-refractivity contribution in [3.8, 4) is 0 Å².